The molecule has 0 spiro atoms. The molecule has 4 nitrogen and oxygen atoms in total. The van der Waals surface area contributed by atoms with Crippen molar-refractivity contribution in [2.24, 2.45) is 0 Å². The lowest BCUT2D eigenvalue weighted by Crippen LogP contribution is -2.33. The molecular weight excluding hydrogens is 247 g/mol. The molecule has 1 rings (SSSR count). The summed E-state index contributed by atoms with van der Waals surface area (Å²) in [5.74, 6) is 0.808. The van der Waals surface area contributed by atoms with E-state index in [1.807, 2.05) is 6.92 Å². The lowest BCUT2D eigenvalue weighted by molar-refractivity contribution is -0.147. The maximum absolute atomic E-state index is 12.3. The molecule has 0 aliphatic rings. The van der Waals surface area contributed by atoms with Crippen LogP contribution < -0.4 is 0 Å². The van der Waals surface area contributed by atoms with E-state index >= 15 is 0 Å². The van der Waals surface area contributed by atoms with Crippen molar-refractivity contribution in [3.8, 4) is 0 Å². The highest BCUT2D eigenvalue weighted by atomic mass is 19.4. The Bertz CT molecular complexity index is 352. The van der Waals surface area contributed by atoms with Gasteiger partial charge in [0.05, 0.1) is 13.1 Å². The Kier molecular flexibility index (Phi) is 5.58. The van der Waals surface area contributed by atoms with Crippen molar-refractivity contribution in [3.05, 3.63) is 11.7 Å². The smallest absolute Gasteiger partial charge is 0.338 e. The van der Waals surface area contributed by atoms with E-state index in [-0.39, 0.29) is 19.0 Å². The van der Waals surface area contributed by atoms with Crippen molar-refractivity contribution < 1.29 is 17.7 Å². The minimum absolute atomic E-state index is 0.0368. The largest absolute Gasteiger partial charge is 0.401 e. The Morgan fingerprint density at radius 2 is 2.00 bits per heavy atom. The Hall–Kier alpha value is -1.11. The summed E-state index contributed by atoms with van der Waals surface area (Å²) in [6.07, 6.45) is -1.55. The first-order valence-electron chi connectivity index (χ1n) is 6.05. The number of unbranched alkanes of at least 4 members (excludes halogenated alkanes) is 1. The number of aromatic nitrogens is 2. The van der Waals surface area contributed by atoms with Crippen molar-refractivity contribution in [3.63, 3.8) is 0 Å². The van der Waals surface area contributed by atoms with Gasteiger partial charge in [-0.2, -0.15) is 18.2 Å². The van der Waals surface area contributed by atoms with Crippen molar-refractivity contribution in [1.29, 1.82) is 0 Å². The molecule has 0 amide bonds. The number of aryl methyl sites for hydroxylation is 1. The van der Waals surface area contributed by atoms with E-state index in [0.29, 0.717) is 12.2 Å². The molecular formula is C11H18F3N3O. The van der Waals surface area contributed by atoms with Gasteiger partial charge in [-0.05, 0) is 13.0 Å². The van der Waals surface area contributed by atoms with Crippen LogP contribution in [0.4, 0.5) is 13.2 Å². The SMILES string of the molecule is CCCCc1noc(CN(CC)CC(F)(F)F)n1. The van der Waals surface area contributed by atoms with Crippen LogP contribution >= 0.6 is 0 Å². The molecule has 18 heavy (non-hydrogen) atoms. The van der Waals surface area contributed by atoms with Crippen LogP contribution in [0.25, 0.3) is 0 Å². The van der Waals surface area contributed by atoms with E-state index in [4.69, 9.17) is 4.52 Å². The van der Waals surface area contributed by atoms with Gasteiger partial charge in [-0.25, -0.2) is 0 Å². The van der Waals surface area contributed by atoms with Gasteiger partial charge >= 0.3 is 6.18 Å². The average Bonchev–Trinajstić information content (AvgIpc) is 2.71. The third-order valence-corrected chi connectivity index (χ3v) is 2.47. The van der Waals surface area contributed by atoms with Gasteiger partial charge in [0.2, 0.25) is 5.89 Å². The summed E-state index contributed by atoms with van der Waals surface area (Å²) in [5, 5.41) is 3.74. The molecule has 0 saturated carbocycles. The number of rotatable bonds is 7. The van der Waals surface area contributed by atoms with Crippen LogP contribution in [-0.2, 0) is 13.0 Å². The molecule has 0 fully saturated rings. The fraction of sp³-hybridized carbons (Fsp3) is 0.818. The molecule has 0 N–H and O–H groups in total. The first kappa shape index (κ1) is 14.9. The van der Waals surface area contributed by atoms with E-state index in [0.717, 1.165) is 12.8 Å². The fourth-order valence-corrected chi connectivity index (χ4v) is 1.52. The van der Waals surface area contributed by atoms with Crippen LogP contribution in [0.1, 0.15) is 38.4 Å². The van der Waals surface area contributed by atoms with Crippen LogP contribution in [0.5, 0.6) is 0 Å². The van der Waals surface area contributed by atoms with E-state index in [9.17, 15) is 13.2 Å². The third-order valence-electron chi connectivity index (χ3n) is 2.47. The Morgan fingerprint density at radius 3 is 2.56 bits per heavy atom. The monoisotopic (exact) mass is 265 g/mol. The second-order valence-electron chi connectivity index (χ2n) is 4.13. The van der Waals surface area contributed by atoms with Crippen molar-refractivity contribution >= 4 is 0 Å². The van der Waals surface area contributed by atoms with E-state index < -0.39 is 12.7 Å². The summed E-state index contributed by atoms with van der Waals surface area (Å²) in [4.78, 5) is 5.30. The molecule has 0 aromatic carbocycles. The van der Waals surface area contributed by atoms with Crippen LogP contribution in [0.15, 0.2) is 4.52 Å². The molecule has 0 saturated heterocycles. The van der Waals surface area contributed by atoms with Crippen molar-refractivity contribution in [2.75, 3.05) is 13.1 Å². The van der Waals surface area contributed by atoms with E-state index in [1.54, 1.807) is 6.92 Å². The number of hydrogen-bond donors (Lipinski definition) is 0. The zero-order valence-electron chi connectivity index (χ0n) is 10.6. The minimum atomic E-state index is -4.21. The lowest BCUT2D eigenvalue weighted by atomic mass is 10.2. The molecule has 7 heteroatoms. The average molecular weight is 265 g/mol. The molecule has 0 unspecified atom stereocenters. The maximum Gasteiger partial charge on any atom is 0.401 e. The summed E-state index contributed by atoms with van der Waals surface area (Å²) in [5.41, 5.74) is 0. The molecule has 0 atom stereocenters. The highest BCUT2D eigenvalue weighted by Gasteiger charge is 2.30. The van der Waals surface area contributed by atoms with E-state index in [1.165, 1.54) is 4.90 Å². The second kappa shape index (κ2) is 6.72. The zero-order chi connectivity index (χ0) is 13.6. The molecule has 0 radical (unpaired) electrons. The van der Waals surface area contributed by atoms with Gasteiger partial charge in [-0.1, -0.05) is 25.4 Å². The Labute approximate surface area is 104 Å². The normalized spacial score (nSPS) is 12.3. The molecule has 1 aromatic heterocycles. The van der Waals surface area contributed by atoms with Gasteiger partial charge in [-0.15, -0.1) is 0 Å². The fourth-order valence-electron chi connectivity index (χ4n) is 1.52. The van der Waals surface area contributed by atoms with Crippen LogP contribution in [-0.4, -0.2) is 34.3 Å². The molecule has 104 valence electrons. The highest BCUT2D eigenvalue weighted by molar-refractivity contribution is 4.86. The van der Waals surface area contributed by atoms with Gasteiger partial charge in [0.1, 0.15) is 0 Å². The van der Waals surface area contributed by atoms with E-state index in [2.05, 4.69) is 10.1 Å². The maximum atomic E-state index is 12.3. The third kappa shape index (κ3) is 5.48. The van der Waals surface area contributed by atoms with Gasteiger partial charge in [0.15, 0.2) is 5.82 Å². The number of halogens is 3. The topological polar surface area (TPSA) is 42.2 Å². The summed E-state index contributed by atoms with van der Waals surface area (Å²) in [7, 11) is 0. The zero-order valence-corrected chi connectivity index (χ0v) is 10.6. The summed E-state index contributed by atoms with van der Waals surface area (Å²) in [6, 6.07) is 0. The Balaban J connectivity index is 2.51. The number of alkyl halides is 3. The molecule has 0 aliphatic heterocycles. The number of hydrogen-bond acceptors (Lipinski definition) is 4. The van der Waals surface area contributed by atoms with Crippen molar-refractivity contribution in [1.82, 2.24) is 15.0 Å². The summed E-state index contributed by atoms with van der Waals surface area (Å²) < 4.78 is 41.7. The molecule has 0 bridgehead atoms. The summed E-state index contributed by atoms with van der Waals surface area (Å²) in [6.45, 7) is 3.07. The van der Waals surface area contributed by atoms with Gasteiger partial charge in [-0.3, -0.25) is 4.90 Å². The number of nitrogens with zero attached hydrogens (tertiary/aromatic N) is 3. The first-order valence-corrected chi connectivity index (χ1v) is 6.05. The molecule has 0 aliphatic carbocycles. The lowest BCUT2D eigenvalue weighted by Gasteiger charge is -2.19. The van der Waals surface area contributed by atoms with Gasteiger partial charge in [0.25, 0.3) is 0 Å². The predicted octanol–water partition coefficient (Wildman–Crippen LogP) is 2.80. The van der Waals surface area contributed by atoms with Crippen LogP contribution in [0.3, 0.4) is 0 Å². The second-order valence-corrected chi connectivity index (χ2v) is 4.13. The van der Waals surface area contributed by atoms with Gasteiger partial charge < -0.3 is 4.52 Å². The minimum Gasteiger partial charge on any atom is -0.338 e. The highest BCUT2D eigenvalue weighted by Crippen LogP contribution is 2.17. The summed E-state index contributed by atoms with van der Waals surface area (Å²) >= 11 is 0. The standard InChI is InChI=1S/C11H18F3N3O/c1-3-5-6-9-15-10(18-16-9)7-17(4-2)8-11(12,13)14/h3-8H2,1-2H3. The predicted molar refractivity (Wildman–Crippen MR) is 59.9 cm³/mol. The Morgan fingerprint density at radius 1 is 1.28 bits per heavy atom. The van der Waals surface area contributed by atoms with Crippen molar-refractivity contribution in [2.45, 2.75) is 45.8 Å². The quantitative estimate of drug-likeness (QED) is 0.760. The van der Waals surface area contributed by atoms with Crippen LogP contribution in [0, 0.1) is 0 Å². The van der Waals surface area contributed by atoms with Crippen LogP contribution in [0.2, 0.25) is 0 Å². The van der Waals surface area contributed by atoms with Gasteiger partial charge in [0, 0.05) is 6.42 Å². The molecule has 1 aromatic rings. The molecule has 1 heterocycles. The first-order chi connectivity index (χ1) is 8.44.